The Morgan fingerprint density at radius 1 is 1.10 bits per heavy atom. The normalized spacial score (nSPS) is 30.4. The molecule has 4 atom stereocenters. The number of fused-ring (bicyclic) bond motifs is 2. The summed E-state index contributed by atoms with van der Waals surface area (Å²) in [6, 6.07) is 9.35. The molecule has 0 heterocycles. The minimum absolute atomic E-state index is 0.0221. The molecule has 4 heteroatoms. The average Bonchev–Trinajstić information content (AvgIpc) is 3.06. The van der Waals surface area contributed by atoms with Gasteiger partial charge in [0.2, 0.25) is 0 Å². The van der Waals surface area contributed by atoms with E-state index in [-0.39, 0.29) is 18.4 Å². The molecule has 2 bridgehead atoms. The summed E-state index contributed by atoms with van der Waals surface area (Å²) in [5, 5.41) is 11.2. The van der Waals surface area contributed by atoms with E-state index in [9.17, 15) is 14.7 Å². The van der Waals surface area contributed by atoms with Gasteiger partial charge < -0.3 is 14.6 Å². The van der Waals surface area contributed by atoms with E-state index in [2.05, 4.69) is 0 Å². The zero-order valence-corrected chi connectivity index (χ0v) is 10.9. The van der Waals surface area contributed by atoms with Crippen LogP contribution in [0.5, 0.6) is 0 Å². The van der Waals surface area contributed by atoms with Gasteiger partial charge in [-0.1, -0.05) is 42.5 Å². The van der Waals surface area contributed by atoms with Gasteiger partial charge in [0.1, 0.15) is 6.61 Å². The lowest BCUT2D eigenvalue weighted by Crippen LogP contribution is -2.41. The molecule has 0 saturated heterocycles. The van der Waals surface area contributed by atoms with Gasteiger partial charge in [-0.25, -0.2) is 0 Å². The lowest BCUT2D eigenvalue weighted by Gasteiger charge is -2.27. The van der Waals surface area contributed by atoms with Crippen LogP contribution in [-0.4, -0.2) is 11.9 Å². The van der Waals surface area contributed by atoms with Crippen LogP contribution in [0.4, 0.5) is 0 Å². The van der Waals surface area contributed by atoms with Crippen LogP contribution in [-0.2, 0) is 20.9 Å². The molecule has 0 N–H and O–H groups in total. The number of aliphatic carboxylic acids is 1. The molecule has 1 aromatic rings. The van der Waals surface area contributed by atoms with Crippen molar-refractivity contribution in [3.8, 4) is 0 Å². The second-order valence-electron chi connectivity index (χ2n) is 5.41. The Kier molecular flexibility index (Phi) is 3.30. The number of carboxylic acid groups (broad SMARTS) is 1. The highest BCUT2D eigenvalue weighted by atomic mass is 16.5. The van der Waals surface area contributed by atoms with Crippen LogP contribution in [0, 0.1) is 23.7 Å². The number of esters is 1. The molecule has 0 aliphatic heterocycles. The number of carbonyl (C=O) groups excluding carboxylic acids is 2. The Bertz CT molecular complexity index is 549. The van der Waals surface area contributed by atoms with E-state index in [0.717, 1.165) is 5.56 Å². The highest BCUT2D eigenvalue weighted by molar-refractivity contribution is 5.82. The van der Waals surface area contributed by atoms with Crippen molar-refractivity contribution in [1.82, 2.24) is 0 Å². The minimum Gasteiger partial charge on any atom is -0.550 e. The molecular weight excluding hydrogens is 256 g/mol. The molecule has 0 radical (unpaired) electrons. The maximum atomic E-state index is 12.2. The molecular formula is C16H15O4-. The van der Waals surface area contributed by atoms with Crippen molar-refractivity contribution in [3.63, 3.8) is 0 Å². The zero-order chi connectivity index (χ0) is 14.1. The fourth-order valence-corrected chi connectivity index (χ4v) is 3.29. The summed E-state index contributed by atoms with van der Waals surface area (Å²) < 4.78 is 5.28. The number of allylic oxidation sites excluding steroid dienone is 2. The minimum atomic E-state index is -1.15. The first-order valence-electron chi connectivity index (χ1n) is 6.76. The molecule has 0 amide bonds. The molecule has 0 aromatic heterocycles. The SMILES string of the molecule is O=C([O-])[C@@H]1[C@@H](C(=O)OCc2ccccc2)[C@@H]2C=C[C@@H]1C2. The van der Waals surface area contributed by atoms with Gasteiger partial charge >= 0.3 is 5.97 Å². The summed E-state index contributed by atoms with van der Waals surface area (Å²) >= 11 is 0. The largest absolute Gasteiger partial charge is 0.550 e. The first-order valence-corrected chi connectivity index (χ1v) is 6.76. The molecule has 1 fully saturated rings. The van der Waals surface area contributed by atoms with Gasteiger partial charge in [0.05, 0.1) is 5.92 Å². The molecule has 104 valence electrons. The van der Waals surface area contributed by atoms with Crippen LogP contribution >= 0.6 is 0 Å². The topological polar surface area (TPSA) is 66.4 Å². The lowest BCUT2D eigenvalue weighted by molar-refractivity contribution is -0.314. The van der Waals surface area contributed by atoms with Crippen LogP contribution in [0.3, 0.4) is 0 Å². The third-order valence-corrected chi connectivity index (χ3v) is 4.23. The molecule has 3 rings (SSSR count). The number of carboxylic acids is 1. The Morgan fingerprint density at radius 2 is 1.75 bits per heavy atom. The van der Waals surface area contributed by atoms with E-state index in [1.165, 1.54) is 0 Å². The van der Waals surface area contributed by atoms with Gasteiger partial charge in [0, 0.05) is 11.9 Å². The van der Waals surface area contributed by atoms with E-state index in [1.54, 1.807) is 0 Å². The van der Waals surface area contributed by atoms with Gasteiger partial charge in [-0.2, -0.15) is 0 Å². The van der Waals surface area contributed by atoms with Crippen LogP contribution in [0.15, 0.2) is 42.5 Å². The maximum Gasteiger partial charge on any atom is 0.310 e. The van der Waals surface area contributed by atoms with Crippen molar-refractivity contribution in [2.45, 2.75) is 13.0 Å². The highest BCUT2D eigenvalue weighted by Crippen LogP contribution is 2.48. The summed E-state index contributed by atoms with van der Waals surface area (Å²) in [7, 11) is 0. The number of rotatable bonds is 4. The molecule has 4 nitrogen and oxygen atoms in total. The standard InChI is InChI=1S/C16H16O4/c17-15(18)13-11-6-7-12(8-11)14(13)16(19)20-9-10-4-2-1-3-5-10/h1-7,11-14H,8-9H2,(H,17,18)/p-1/t11-,12-,13+,14+/m1/s1. The van der Waals surface area contributed by atoms with Gasteiger partial charge in [-0.3, -0.25) is 4.79 Å². The van der Waals surface area contributed by atoms with Crippen LogP contribution in [0.25, 0.3) is 0 Å². The van der Waals surface area contributed by atoms with E-state index in [4.69, 9.17) is 4.74 Å². The number of hydrogen-bond donors (Lipinski definition) is 0. The predicted octanol–water partition coefficient (Wildman–Crippen LogP) is 0.918. The van der Waals surface area contributed by atoms with Gasteiger partial charge in [0.15, 0.2) is 0 Å². The number of hydrogen-bond acceptors (Lipinski definition) is 4. The van der Waals surface area contributed by atoms with Crippen molar-refractivity contribution < 1.29 is 19.4 Å². The molecule has 20 heavy (non-hydrogen) atoms. The Hall–Kier alpha value is -2.10. The van der Waals surface area contributed by atoms with Crippen LogP contribution in [0.1, 0.15) is 12.0 Å². The van der Waals surface area contributed by atoms with Crippen molar-refractivity contribution in [2.75, 3.05) is 0 Å². The van der Waals surface area contributed by atoms with E-state index in [1.807, 2.05) is 42.5 Å². The molecule has 2 aliphatic rings. The monoisotopic (exact) mass is 271 g/mol. The highest BCUT2D eigenvalue weighted by Gasteiger charge is 2.49. The van der Waals surface area contributed by atoms with E-state index >= 15 is 0 Å². The first kappa shape index (κ1) is 12.9. The molecule has 0 spiro atoms. The smallest absolute Gasteiger partial charge is 0.310 e. The summed E-state index contributed by atoms with van der Waals surface area (Å²) in [6.07, 6.45) is 4.52. The number of benzene rings is 1. The van der Waals surface area contributed by atoms with Gasteiger partial charge in [0.25, 0.3) is 0 Å². The number of carbonyl (C=O) groups is 2. The Morgan fingerprint density at radius 3 is 2.40 bits per heavy atom. The zero-order valence-electron chi connectivity index (χ0n) is 10.9. The number of ether oxygens (including phenoxy) is 1. The second kappa shape index (κ2) is 5.12. The summed E-state index contributed by atoms with van der Waals surface area (Å²) in [4.78, 5) is 23.4. The van der Waals surface area contributed by atoms with Crippen molar-refractivity contribution in [1.29, 1.82) is 0 Å². The van der Waals surface area contributed by atoms with E-state index < -0.39 is 23.8 Å². The summed E-state index contributed by atoms with van der Waals surface area (Å²) in [5.41, 5.74) is 0.893. The summed E-state index contributed by atoms with van der Waals surface area (Å²) in [6.45, 7) is 0.178. The molecule has 0 unspecified atom stereocenters. The Balaban J connectivity index is 1.68. The van der Waals surface area contributed by atoms with Crippen molar-refractivity contribution in [2.24, 2.45) is 23.7 Å². The molecule has 2 aliphatic carbocycles. The fourth-order valence-electron chi connectivity index (χ4n) is 3.29. The van der Waals surface area contributed by atoms with Crippen molar-refractivity contribution in [3.05, 3.63) is 48.0 Å². The Labute approximate surface area is 117 Å². The predicted molar refractivity (Wildman–Crippen MR) is 69.0 cm³/mol. The summed E-state index contributed by atoms with van der Waals surface area (Å²) in [5.74, 6) is -3.03. The van der Waals surface area contributed by atoms with Crippen LogP contribution in [0.2, 0.25) is 0 Å². The maximum absolute atomic E-state index is 12.2. The molecule has 1 saturated carbocycles. The second-order valence-corrected chi connectivity index (χ2v) is 5.41. The third-order valence-electron chi connectivity index (χ3n) is 4.23. The van der Waals surface area contributed by atoms with Gasteiger partial charge in [-0.05, 0) is 23.8 Å². The van der Waals surface area contributed by atoms with Gasteiger partial charge in [-0.15, -0.1) is 0 Å². The molecule has 1 aromatic carbocycles. The quantitative estimate of drug-likeness (QED) is 0.603. The fraction of sp³-hybridized carbons (Fsp3) is 0.375. The average molecular weight is 271 g/mol. The van der Waals surface area contributed by atoms with Crippen LogP contribution < -0.4 is 5.11 Å². The van der Waals surface area contributed by atoms with Crippen molar-refractivity contribution >= 4 is 11.9 Å². The third kappa shape index (κ3) is 2.22. The van der Waals surface area contributed by atoms with E-state index in [0.29, 0.717) is 6.42 Å². The lowest BCUT2D eigenvalue weighted by atomic mass is 9.83. The first-order chi connectivity index (χ1) is 9.66.